The van der Waals surface area contributed by atoms with Crippen LogP contribution in [0.4, 0.5) is 17.6 Å². The number of hydrogen-bond acceptors (Lipinski definition) is 7. The molecule has 0 spiro atoms. The molecule has 0 saturated carbocycles. The van der Waals surface area contributed by atoms with E-state index in [2.05, 4.69) is 14.9 Å². The zero-order chi connectivity index (χ0) is 23.0. The zero-order valence-electron chi connectivity index (χ0n) is 17.8. The predicted molar refractivity (Wildman–Crippen MR) is 115 cm³/mol. The maximum atomic E-state index is 14.5. The molecular formula is C21H23F4N5OS. The number of pyridine rings is 1. The van der Waals surface area contributed by atoms with Crippen molar-refractivity contribution in [3.05, 3.63) is 53.1 Å². The molecular weight excluding hydrogens is 446 g/mol. The van der Waals surface area contributed by atoms with Gasteiger partial charge in [-0.15, -0.1) is 0 Å². The van der Waals surface area contributed by atoms with Crippen LogP contribution in [0.15, 0.2) is 29.6 Å². The van der Waals surface area contributed by atoms with E-state index in [0.29, 0.717) is 30.1 Å². The lowest BCUT2D eigenvalue weighted by atomic mass is 9.97. The summed E-state index contributed by atoms with van der Waals surface area (Å²) in [5.74, 6) is -2.51. The quantitative estimate of drug-likeness (QED) is 0.528. The summed E-state index contributed by atoms with van der Waals surface area (Å²) in [5, 5.41) is 4.10. The lowest BCUT2D eigenvalue weighted by molar-refractivity contribution is 0.0828. The van der Waals surface area contributed by atoms with Gasteiger partial charge in [-0.3, -0.25) is 4.98 Å². The number of oxime groups is 1. The lowest BCUT2D eigenvalue weighted by Gasteiger charge is -2.18. The Morgan fingerprint density at radius 3 is 2.56 bits per heavy atom. The van der Waals surface area contributed by atoms with Crippen LogP contribution in [-0.4, -0.2) is 59.4 Å². The molecule has 1 aromatic carbocycles. The molecule has 4 rings (SSSR count). The van der Waals surface area contributed by atoms with Gasteiger partial charge in [-0.25, -0.2) is 26.6 Å². The van der Waals surface area contributed by atoms with Gasteiger partial charge in [0.25, 0.3) is 0 Å². The first-order valence-electron chi connectivity index (χ1n) is 10.1. The average molecular weight is 470 g/mol. The number of amidine groups is 1. The highest BCUT2D eigenvalue weighted by Crippen LogP contribution is 2.37. The van der Waals surface area contributed by atoms with Crippen molar-refractivity contribution in [2.24, 2.45) is 5.16 Å². The first-order chi connectivity index (χ1) is 15.2. The molecule has 2 aliphatic rings. The number of aryl methyl sites for hydroxylation is 1. The van der Waals surface area contributed by atoms with Gasteiger partial charge in [0.15, 0.2) is 6.10 Å². The third-order valence-electron chi connectivity index (χ3n) is 5.29. The van der Waals surface area contributed by atoms with E-state index < -0.39 is 29.7 Å². The van der Waals surface area contributed by atoms with Gasteiger partial charge in [-0.05, 0) is 32.6 Å². The predicted octanol–water partition coefficient (Wildman–Crippen LogP) is 3.99. The van der Waals surface area contributed by atoms with Gasteiger partial charge in [0.05, 0.1) is 30.3 Å². The van der Waals surface area contributed by atoms with Crippen molar-refractivity contribution in [3.63, 3.8) is 0 Å². The molecule has 0 aliphatic carbocycles. The maximum absolute atomic E-state index is 14.5. The normalized spacial score (nSPS) is 23.1. The number of nitrogens with zero attached hydrogens (tertiary/aromatic N) is 4. The van der Waals surface area contributed by atoms with Crippen LogP contribution in [0, 0.1) is 24.4 Å². The molecule has 3 heterocycles. The molecule has 1 saturated heterocycles. The van der Waals surface area contributed by atoms with Gasteiger partial charge < -0.3 is 9.74 Å². The SMILES string of the molecule is Cc1cnc([C@@H]2CC(N3C[C@H](F)[C@H](NSN(C)C)C3)=NO2)c(-c2c(F)cc(F)cc2F)c1. The fourth-order valence-corrected chi connectivity index (χ4v) is 4.36. The Morgan fingerprint density at radius 2 is 1.88 bits per heavy atom. The summed E-state index contributed by atoms with van der Waals surface area (Å²) in [7, 11) is 3.71. The van der Waals surface area contributed by atoms with E-state index >= 15 is 0 Å². The van der Waals surface area contributed by atoms with E-state index in [0.717, 1.165) is 0 Å². The second-order valence-electron chi connectivity index (χ2n) is 8.04. The Hall–Kier alpha value is -2.37. The third kappa shape index (κ3) is 4.69. The molecule has 32 heavy (non-hydrogen) atoms. The average Bonchev–Trinajstić information content (AvgIpc) is 3.32. The number of rotatable bonds is 5. The van der Waals surface area contributed by atoms with Crippen molar-refractivity contribution >= 4 is 18.0 Å². The Balaban J connectivity index is 1.54. The van der Waals surface area contributed by atoms with Crippen molar-refractivity contribution in [3.8, 4) is 11.1 Å². The first-order valence-corrected chi connectivity index (χ1v) is 10.8. The molecule has 0 radical (unpaired) electrons. The molecule has 1 fully saturated rings. The fraction of sp³-hybridized carbons (Fsp3) is 0.429. The summed E-state index contributed by atoms with van der Waals surface area (Å²) in [4.78, 5) is 11.7. The van der Waals surface area contributed by atoms with Crippen LogP contribution < -0.4 is 4.72 Å². The van der Waals surface area contributed by atoms with Gasteiger partial charge >= 0.3 is 0 Å². The standard InChI is InChI=1S/C21H23F4N5OS/c1-11-4-13(20-14(23)5-12(22)6-15(20)24)21(26-8-11)18-7-19(27-31-18)30-9-16(25)17(10-30)28-32-29(2)3/h4-6,8,16-18,28H,7,9-10H2,1-3H3/t16-,17+,18-/m0/s1. The maximum Gasteiger partial charge on any atom is 0.177 e. The van der Waals surface area contributed by atoms with Crippen LogP contribution in [0.5, 0.6) is 0 Å². The zero-order valence-corrected chi connectivity index (χ0v) is 18.6. The number of hydrogen-bond donors (Lipinski definition) is 1. The minimum absolute atomic E-state index is 0.163. The van der Waals surface area contributed by atoms with E-state index in [-0.39, 0.29) is 35.8 Å². The van der Waals surface area contributed by atoms with Gasteiger partial charge in [-0.2, -0.15) is 0 Å². The molecule has 172 valence electrons. The molecule has 0 unspecified atom stereocenters. The number of aromatic nitrogens is 1. The Kier molecular flexibility index (Phi) is 6.59. The van der Waals surface area contributed by atoms with Crippen LogP contribution in [0.25, 0.3) is 11.1 Å². The van der Waals surface area contributed by atoms with Crippen LogP contribution in [0.3, 0.4) is 0 Å². The van der Waals surface area contributed by atoms with E-state index in [1.165, 1.54) is 12.1 Å². The summed E-state index contributed by atoms with van der Waals surface area (Å²) < 4.78 is 61.8. The van der Waals surface area contributed by atoms with Crippen molar-refractivity contribution in [2.75, 3.05) is 27.2 Å². The number of alkyl halides is 1. The molecule has 2 aromatic rings. The van der Waals surface area contributed by atoms with E-state index in [4.69, 9.17) is 4.84 Å². The summed E-state index contributed by atoms with van der Waals surface area (Å²) in [6.45, 7) is 2.31. The van der Waals surface area contributed by atoms with Crippen molar-refractivity contribution in [1.82, 2.24) is 18.9 Å². The number of likely N-dealkylation sites (tertiary alicyclic amines) is 1. The van der Waals surface area contributed by atoms with Crippen molar-refractivity contribution in [2.45, 2.75) is 31.7 Å². The minimum atomic E-state index is -1.08. The highest BCUT2D eigenvalue weighted by atomic mass is 32.2. The topological polar surface area (TPSA) is 53.0 Å². The van der Waals surface area contributed by atoms with Crippen LogP contribution in [-0.2, 0) is 4.84 Å². The fourth-order valence-electron chi connectivity index (χ4n) is 3.79. The summed E-state index contributed by atoms with van der Waals surface area (Å²) >= 11 is 1.32. The second-order valence-corrected chi connectivity index (χ2v) is 9.19. The highest BCUT2D eigenvalue weighted by Gasteiger charge is 2.38. The van der Waals surface area contributed by atoms with E-state index in [1.54, 1.807) is 24.1 Å². The monoisotopic (exact) mass is 469 g/mol. The largest absolute Gasteiger partial charge is 0.384 e. The number of halogens is 4. The van der Waals surface area contributed by atoms with Crippen LogP contribution >= 0.6 is 12.1 Å². The summed E-state index contributed by atoms with van der Waals surface area (Å²) in [5.41, 5.74) is 0.767. The van der Waals surface area contributed by atoms with Gasteiger partial charge in [0.1, 0.15) is 29.5 Å². The molecule has 11 heteroatoms. The number of benzene rings is 1. The van der Waals surface area contributed by atoms with Crippen LogP contribution in [0.2, 0.25) is 0 Å². The van der Waals surface area contributed by atoms with Crippen LogP contribution in [0.1, 0.15) is 23.8 Å². The third-order valence-corrected chi connectivity index (χ3v) is 6.06. The van der Waals surface area contributed by atoms with Gasteiger partial charge in [-0.1, -0.05) is 5.16 Å². The first kappa shape index (κ1) is 22.8. The van der Waals surface area contributed by atoms with Crippen molar-refractivity contribution < 1.29 is 22.4 Å². The molecule has 2 aliphatic heterocycles. The summed E-state index contributed by atoms with van der Waals surface area (Å²) in [6.07, 6.45) is 0.0458. The Morgan fingerprint density at radius 1 is 1.16 bits per heavy atom. The van der Waals surface area contributed by atoms with E-state index in [9.17, 15) is 17.6 Å². The van der Waals surface area contributed by atoms with Gasteiger partial charge in [0, 0.05) is 42.6 Å². The molecule has 0 bridgehead atoms. The highest BCUT2D eigenvalue weighted by molar-refractivity contribution is 7.95. The molecule has 3 atom stereocenters. The number of nitrogens with one attached hydrogen (secondary N) is 1. The Labute approximate surface area is 187 Å². The second kappa shape index (κ2) is 9.24. The van der Waals surface area contributed by atoms with Gasteiger partial charge in [0.2, 0.25) is 0 Å². The minimum Gasteiger partial charge on any atom is -0.384 e. The molecule has 0 amide bonds. The molecule has 1 N–H and O–H groups in total. The van der Waals surface area contributed by atoms with E-state index in [1.807, 2.05) is 18.4 Å². The lowest BCUT2D eigenvalue weighted by Crippen LogP contribution is -2.35. The smallest absolute Gasteiger partial charge is 0.177 e. The molecule has 1 aromatic heterocycles. The Bertz CT molecular complexity index is 1010. The summed E-state index contributed by atoms with van der Waals surface area (Å²) in [6, 6.07) is 2.47. The molecule has 6 nitrogen and oxygen atoms in total. The van der Waals surface area contributed by atoms with Crippen molar-refractivity contribution in [1.29, 1.82) is 0 Å².